The molecular weight excluding hydrogens is 386 g/mol. The Hall–Kier alpha value is -1.44. The largest absolute Gasteiger partial charge is 0.356 e. The third-order valence-electron chi connectivity index (χ3n) is 6.17. The fourth-order valence-corrected chi connectivity index (χ4v) is 5.84. The van der Waals surface area contributed by atoms with Crippen molar-refractivity contribution >= 4 is 15.9 Å². The van der Waals surface area contributed by atoms with Gasteiger partial charge in [-0.1, -0.05) is 24.6 Å². The Morgan fingerprint density at radius 3 is 2.45 bits per heavy atom. The van der Waals surface area contributed by atoms with E-state index in [1.165, 1.54) is 30.2 Å². The first-order valence-corrected chi connectivity index (χ1v) is 12.4. The average molecular weight is 422 g/mol. The Labute approximate surface area is 175 Å². The second kappa shape index (κ2) is 10.0. The molecule has 29 heavy (non-hydrogen) atoms. The Balaban J connectivity index is 1.39. The summed E-state index contributed by atoms with van der Waals surface area (Å²) in [5.41, 5.74) is 1.04. The second-order valence-corrected chi connectivity index (χ2v) is 10.6. The van der Waals surface area contributed by atoms with E-state index in [0.29, 0.717) is 37.4 Å². The maximum Gasteiger partial charge on any atom is 0.243 e. The van der Waals surface area contributed by atoms with Crippen LogP contribution in [0.5, 0.6) is 0 Å². The monoisotopic (exact) mass is 421 g/mol. The maximum absolute atomic E-state index is 12.8. The number of sulfonamides is 1. The first-order valence-electron chi connectivity index (χ1n) is 10.9. The van der Waals surface area contributed by atoms with Crippen molar-refractivity contribution in [3.05, 3.63) is 29.8 Å². The molecule has 2 aliphatic heterocycles. The number of nitrogens with one attached hydrogen (secondary N) is 1. The normalized spacial score (nSPS) is 22.5. The molecule has 2 saturated heterocycles. The van der Waals surface area contributed by atoms with Crippen molar-refractivity contribution in [2.24, 2.45) is 11.8 Å². The highest BCUT2D eigenvalue weighted by molar-refractivity contribution is 7.89. The zero-order valence-electron chi connectivity index (χ0n) is 17.8. The summed E-state index contributed by atoms with van der Waals surface area (Å²) < 4.78 is 27.1. The van der Waals surface area contributed by atoms with Crippen LogP contribution in [0, 0.1) is 18.8 Å². The van der Waals surface area contributed by atoms with Crippen LogP contribution in [0.4, 0.5) is 0 Å². The van der Waals surface area contributed by atoms with Crippen molar-refractivity contribution in [1.82, 2.24) is 14.5 Å². The second-order valence-electron chi connectivity index (χ2n) is 8.68. The van der Waals surface area contributed by atoms with Gasteiger partial charge in [0.25, 0.3) is 0 Å². The molecule has 2 aliphatic rings. The third kappa shape index (κ3) is 6.03. The quantitative estimate of drug-likeness (QED) is 0.687. The minimum absolute atomic E-state index is 0.0735. The lowest BCUT2D eigenvalue weighted by atomic mass is 9.97. The van der Waals surface area contributed by atoms with Gasteiger partial charge in [-0.15, -0.1) is 0 Å². The van der Waals surface area contributed by atoms with Gasteiger partial charge in [0.05, 0.1) is 4.90 Å². The van der Waals surface area contributed by atoms with Gasteiger partial charge in [-0.05, 0) is 70.2 Å². The van der Waals surface area contributed by atoms with Gasteiger partial charge in [0.2, 0.25) is 15.9 Å². The Morgan fingerprint density at radius 2 is 1.79 bits per heavy atom. The van der Waals surface area contributed by atoms with Crippen LogP contribution in [-0.4, -0.2) is 62.8 Å². The van der Waals surface area contributed by atoms with E-state index < -0.39 is 10.0 Å². The molecule has 2 heterocycles. The van der Waals surface area contributed by atoms with Crippen LogP contribution in [0.25, 0.3) is 0 Å². The summed E-state index contributed by atoms with van der Waals surface area (Å²) in [5, 5.41) is 3.06. The van der Waals surface area contributed by atoms with E-state index >= 15 is 0 Å². The summed E-state index contributed by atoms with van der Waals surface area (Å²) in [7, 11) is -3.47. The highest BCUT2D eigenvalue weighted by Crippen LogP contribution is 2.24. The van der Waals surface area contributed by atoms with Crippen molar-refractivity contribution in [3.63, 3.8) is 0 Å². The van der Waals surface area contributed by atoms with Crippen LogP contribution in [-0.2, 0) is 14.8 Å². The molecule has 1 aromatic rings. The van der Waals surface area contributed by atoms with Crippen LogP contribution < -0.4 is 5.32 Å². The van der Waals surface area contributed by atoms with Gasteiger partial charge in [0.15, 0.2) is 0 Å². The van der Waals surface area contributed by atoms with Gasteiger partial charge >= 0.3 is 0 Å². The molecule has 1 N–H and O–H groups in total. The predicted octanol–water partition coefficient (Wildman–Crippen LogP) is 2.63. The highest BCUT2D eigenvalue weighted by atomic mass is 32.2. The van der Waals surface area contributed by atoms with Crippen LogP contribution in [0.15, 0.2) is 29.2 Å². The van der Waals surface area contributed by atoms with Crippen molar-refractivity contribution in [2.45, 2.75) is 50.8 Å². The van der Waals surface area contributed by atoms with E-state index in [1.807, 2.05) is 19.1 Å². The Bertz CT molecular complexity index is 771. The van der Waals surface area contributed by atoms with E-state index in [-0.39, 0.29) is 11.8 Å². The number of rotatable bonds is 7. The van der Waals surface area contributed by atoms with E-state index in [1.54, 1.807) is 12.1 Å². The molecule has 1 amide bonds. The molecular formula is C22H35N3O3S. The number of aryl methyl sites for hydroxylation is 1. The number of carbonyl (C=O) groups is 1. The summed E-state index contributed by atoms with van der Waals surface area (Å²) in [5.74, 6) is 0.763. The topological polar surface area (TPSA) is 69.7 Å². The molecule has 2 fully saturated rings. The van der Waals surface area contributed by atoms with Gasteiger partial charge < -0.3 is 10.2 Å². The molecule has 1 aromatic carbocycles. The fourth-order valence-electron chi connectivity index (χ4n) is 4.37. The van der Waals surface area contributed by atoms with E-state index in [2.05, 4.69) is 17.1 Å². The van der Waals surface area contributed by atoms with Crippen molar-refractivity contribution in [2.75, 3.05) is 39.3 Å². The molecule has 0 radical (unpaired) electrons. The zero-order valence-corrected chi connectivity index (χ0v) is 18.6. The number of hydrogen-bond donors (Lipinski definition) is 1. The lowest BCUT2D eigenvalue weighted by Gasteiger charge is -2.31. The SMILES string of the molecule is Cc1ccc(S(=O)(=O)N2CCC(C(=O)NCCCN3CCC[C@@H](C)C3)CC2)cc1. The Kier molecular flexibility index (Phi) is 7.71. The Morgan fingerprint density at radius 1 is 1.10 bits per heavy atom. The van der Waals surface area contributed by atoms with Gasteiger partial charge in [0.1, 0.15) is 0 Å². The van der Waals surface area contributed by atoms with Crippen LogP contribution in [0.2, 0.25) is 0 Å². The van der Waals surface area contributed by atoms with Crippen molar-refractivity contribution in [1.29, 1.82) is 0 Å². The first-order chi connectivity index (χ1) is 13.9. The molecule has 0 aromatic heterocycles. The number of carbonyl (C=O) groups excluding carboxylic acids is 1. The summed E-state index contributed by atoms with van der Waals surface area (Å²) in [6.07, 6.45) is 4.74. The number of nitrogens with zero attached hydrogens (tertiary/aromatic N) is 2. The molecule has 0 aliphatic carbocycles. The van der Waals surface area contributed by atoms with Crippen molar-refractivity contribution < 1.29 is 13.2 Å². The zero-order chi connectivity index (χ0) is 20.9. The minimum Gasteiger partial charge on any atom is -0.356 e. The van der Waals surface area contributed by atoms with Crippen LogP contribution in [0.1, 0.15) is 44.6 Å². The molecule has 162 valence electrons. The van der Waals surface area contributed by atoms with Crippen LogP contribution in [0.3, 0.4) is 0 Å². The average Bonchev–Trinajstić information content (AvgIpc) is 2.71. The van der Waals surface area contributed by atoms with E-state index in [9.17, 15) is 13.2 Å². The van der Waals surface area contributed by atoms with Gasteiger partial charge in [0, 0.05) is 32.1 Å². The molecule has 0 unspecified atom stereocenters. The molecule has 0 bridgehead atoms. The number of hydrogen-bond acceptors (Lipinski definition) is 4. The number of piperidine rings is 2. The summed E-state index contributed by atoms with van der Waals surface area (Å²) >= 11 is 0. The molecule has 7 heteroatoms. The molecule has 6 nitrogen and oxygen atoms in total. The van der Waals surface area contributed by atoms with Gasteiger partial charge in [-0.25, -0.2) is 8.42 Å². The maximum atomic E-state index is 12.8. The highest BCUT2D eigenvalue weighted by Gasteiger charge is 2.31. The minimum atomic E-state index is -3.47. The lowest BCUT2D eigenvalue weighted by molar-refractivity contribution is -0.126. The first kappa shape index (κ1) is 22.2. The summed E-state index contributed by atoms with van der Waals surface area (Å²) in [4.78, 5) is 15.3. The van der Waals surface area contributed by atoms with E-state index in [0.717, 1.165) is 24.4 Å². The summed E-state index contributed by atoms with van der Waals surface area (Å²) in [6.45, 7) is 9.13. The number of likely N-dealkylation sites (tertiary alicyclic amines) is 1. The predicted molar refractivity (Wildman–Crippen MR) is 115 cm³/mol. The third-order valence-corrected chi connectivity index (χ3v) is 8.09. The number of amides is 1. The molecule has 0 spiro atoms. The molecule has 1 atom stereocenters. The van der Waals surface area contributed by atoms with Crippen molar-refractivity contribution in [3.8, 4) is 0 Å². The fraction of sp³-hybridized carbons (Fsp3) is 0.682. The standard InChI is InChI=1S/C22H35N3O3S/c1-18-6-8-21(9-7-18)29(27,28)25-15-10-20(11-16-25)22(26)23-12-4-14-24-13-3-5-19(2)17-24/h6-9,19-20H,3-5,10-17H2,1-2H3,(H,23,26)/t19-/m1/s1. The smallest absolute Gasteiger partial charge is 0.243 e. The van der Waals surface area contributed by atoms with Gasteiger partial charge in [-0.3, -0.25) is 4.79 Å². The molecule has 3 rings (SSSR count). The lowest BCUT2D eigenvalue weighted by Crippen LogP contribution is -2.43. The number of benzene rings is 1. The van der Waals surface area contributed by atoms with E-state index in [4.69, 9.17) is 0 Å². The van der Waals surface area contributed by atoms with Gasteiger partial charge in [-0.2, -0.15) is 4.31 Å². The summed E-state index contributed by atoms with van der Waals surface area (Å²) in [6, 6.07) is 6.95. The molecule has 0 saturated carbocycles. The van der Waals surface area contributed by atoms with Crippen LogP contribution >= 0.6 is 0 Å².